The number of furan rings is 1. The number of methoxy groups -OCH3 is 1. The van der Waals surface area contributed by atoms with Crippen molar-refractivity contribution in [1.29, 1.82) is 0 Å². The lowest BCUT2D eigenvalue weighted by Gasteiger charge is -2.21. The maximum absolute atomic E-state index is 13.1. The van der Waals surface area contributed by atoms with Gasteiger partial charge in [0.05, 0.1) is 12.8 Å². The molecular weight excluding hydrogens is 362 g/mol. The molecule has 0 spiro atoms. The van der Waals surface area contributed by atoms with Crippen molar-refractivity contribution in [2.24, 2.45) is 0 Å². The molecule has 0 aliphatic rings. The van der Waals surface area contributed by atoms with E-state index >= 15 is 0 Å². The largest absolute Gasteiger partial charge is 0.495 e. The van der Waals surface area contributed by atoms with Gasteiger partial charge < -0.3 is 14.5 Å². The standard InChI is InChI=1S/C25H25NO3/c1-15-18-12-10-16-8-6-7-9-19(16)23(18)29-22(15)24(27)26-20-14-17(25(2,3)4)11-13-21(20)28-5/h6-14H,1-5H3,(H,26,27). The summed E-state index contributed by atoms with van der Waals surface area (Å²) in [5.74, 6) is 0.650. The van der Waals surface area contributed by atoms with Gasteiger partial charge in [-0.2, -0.15) is 0 Å². The summed E-state index contributed by atoms with van der Waals surface area (Å²) in [6.07, 6.45) is 0. The fourth-order valence-corrected chi connectivity index (χ4v) is 3.62. The quantitative estimate of drug-likeness (QED) is 0.439. The third-order valence-electron chi connectivity index (χ3n) is 5.35. The van der Waals surface area contributed by atoms with Gasteiger partial charge in [0.2, 0.25) is 0 Å². The topological polar surface area (TPSA) is 51.5 Å². The number of benzene rings is 3. The molecule has 29 heavy (non-hydrogen) atoms. The van der Waals surface area contributed by atoms with Crippen molar-refractivity contribution in [3.63, 3.8) is 0 Å². The third-order valence-corrected chi connectivity index (χ3v) is 5.35. The highest BCUT2D eigenvalue weighted by molar-refractivity contribution is 6.11. The summed E-state index contributed by atoms with van der Waals surface area (Å²) in [5, 5.41) is 6.01. The highest BCUT2D eigenvalue weighted by Crippen LogP contribution is 2.34. The first-order valence-electron chi connectivity index (χ1n) is 9.70. The van der Waals surface area contributed by atoms with Crippen molar-refractivity contribution in [2.75, 3.05) is 12.4 Å². The highest BCUT2D eigenvalue weighted by atomic mass is 16.5. The van der Waals surface area contributed by atoms with Crippen LogP contribution in [-0.4, -0.2) is 13.0 Å². The van der Waals surface area contributed by atoms with E-state index in [2.05, 4.69) is 32.2 Å². The number of fused-ring (bicyclic) bond motifs is 3. The molecule has 0 radical (unpaired) electrons. The predicted molar refractivity (Wildman–Crippen MR) is 118 cm³/mol. The second kappa shape index (κ2) is 6.96. The van der Waals surface area contributed by atoms with Crippen LogP contribution in [-0.2, 0) is 5.41 Å². The maximum Gasteiger partial charge on any atom is 0.291 e. The molecule has 1 aromatic heterocycles. The fraction of sp³-hybridized carbons (Fsp3) is 0.240. The minimum Gasteiger partial charge on any atom is -0.495 e. The molecule has 0 atom stereocenters. The van der Waals surface area contributed by atoms with E-state index in [0.717, 1.165) is 32.9 Å². The molecule has 0 saturated carbocycles. The van der Waals surface area contributed by atoms with Gasteiger partial charge in [0.25, 0.3) is 5.91 Å². The van der Waals surface area contributed by atoms with Crippen LogP contribution in [0, 0.1) is 6.92 Å². The third kappa shape index (κ3) is 3.35. The number of anilines is 1. The highest BCUT2D eigenvalue weighted by Gasteiger charge is 2.22. The number of carbonyl (C=O) groups is 1. The lowest BCUT2D eigenvalue weighted by Crippen LogP contribution is -2.15. The monoisotopic (exact) mass is 387 g/mol. The lowest BCUT2D eigenvalue weighted by molar-refractivity contribution is 0.0997. The lowest BCUT2D eigenvalue weighted by atomic mass is 9.87. The average Bonchev–Trinajstić information content (AvgIpc) is 3.04. The van der Waals surface area contributed by atoms with Gasteiger partial charge >= 0.3 is 0 Å². The maximum atomic E-state index is 13.1. The minimum atomic E-state index is -0.285. The number of ether oxygens (including phenoxy) is 1. The molecule has 0 bridgehead atoms. The molecule has 1 N–H and O–H groups in total. The zero-order chi connectivity index (χ0) is 20.8. The Balaban J connectivity index is 1.77. The molecule has 4 nitrogen and oxygen atoms in total. The Morgan fingerprint density at radius 2 is 1.76 bits per heavy atom. The number of rotatable bonds is 3. The van der Waals surface area contributed by atoms with E-state index in [0.29, 0.717) is 17.2 Å². The Morgan fingerprint density at radius 1 is 1.00 bits per heavy atom. The van der Waals surface area contributed by atoms with E-state index in [4.69, 9.17) is 9.15 Å². The van der Waals surface area contributed by atoms with E-state index in [1.165, 1.54) is 0 Å². The van der Waals surface area contributed by atoms with Crippen LogP contribution in [0.1, 0.15) is 42.5 Å². The van der Waals surface area contributed by atoms with Crippen molar-refractivity contribution < 1.29 is 13.9 Å². The Labute approximate surface area is 170 Å². The van der Waals surface area contributed by atoms with Crippen LogP contribution in [0.2, 0.25) is 0 Å². The molecule has 1 amide bonds. The second-order valence-corrected chi connectivity index (χ2v) is 8.34. The molecule has 4 rings (SSSR count). The van der Waals surface area contributed by atoms with Crippen molar-refractivity contribution in [3.05, 3.63) is 71.5 Å². The summed E-state index contributed by atoms with van der Waals surface area (Å²) in [6.45, 7) is 8.32. The first-order valence-corrected chi connectivity index (χ1v) is 9.70. The summed E-state index contributed by atoms with van der Waals surface area (Å²) < 4.78 is 11.5. The smallest absolute Gasteiger partial charge is 0.291 e. The van der Waals surface area contributed by atoms with Gasteiger partial charge in [-0.05, 0) is 35.4 Å². The first kappa shape index (κ1) is 19.1. The Hall–Kier alpha value is -3.27. The van der Waals surface area contributed by atoms with Gasteiger partial charge in [-0.1, -0.05) is 63.2 Å². The Bertz CT molecular complexity index is 1230. The fourth-order valence-electron chi connectivity index (χ4n) is 3.62. The normalized spacial score (nSPS) is 11.8. The number of nitrogens with one attached hydrogen (secondary N) is 1. The van der Waals surface area contributed by atoms with Gasteiger partial charge in [0.1, 0.15) is 11.3 Å². The molecule has 0 fully saturated rings. The average molecular weight is 387 g/mol. The summed E-state index contributed by atoms with van der Waals surface area (Å²) in [4.78, 5) is 13.1. The molecule has 0 aliphatic heterocycles. The van der Waals surface area contributed by atoms with Crippen molar-refractivity contribution in [1.82, 2.24) is 0 Å². The SMILES string of the molecule is COc1ccc(C(C)(C)C)cc1NC(=O)c1oc2c(ccc3ccccc32)c1C. The van der Waals surface area contributed by atoms with E-state index in [9.17, 15) is 4.79 Å². The van der Waals surface area contributed by atoms with E-state index in [1.807, 2.05) is 55.5 Å². The molecule has 4 aromatic rings. The van der Waals surface area contributed by atoms with E-state index < -0.39 is 0 Å². The zero-order valence-electron chi connectivity index (χ0n) is 17.4. The number of aryl methyl sites for hydroxylation is 1. The van der Waals surface area contributed by atoms with Crippen LogP contribution in [0.5, 0.6) is 5.75 Å². The molecule has 0 saturated heterocycles. The summed E-state index contributed by atoms with van der Waals surface area (Å²) in [7, 11) is 1.60. The molecule has 0 unspecified atom stereocenters. The van der Waals surface area contributed by atoms with Gasteiger partial charge in [-0.15, -0.1) is 0 Å². The Kier molecular flexibility index (Phi) is 4.58. The summed E-state index contributed by atoms with van der Waals surface area (Å²) in [5.41, 5.74) is 3.27. The van der Waals surface area contributed by atoms with Crippen LogP contribution in [0.15, 0.2) is 59.0 Å². The van der Waals surface area contributed by atoms with Crippen molar-refractivity contribution in [3.8, 4) is 5.75 Å². The zero-order valence-corrected chi connectivity index (χ0v) is 17.4. The molecular formula is C25H25NO3. The van der Waals surface area contributed by atoms with Gasteiger partial charge in [0.15, 0.2) is 5.76 Å². The summed E-state index contributed by atoms with van der Waals surface area (Å²) >= 11 is 0. The molecule has 4 heteroatoms. The van der Waals surface area contributed by atoms with E-state index in [1.54, 1.807) is 7.11 Å². The number of hydrogen-bond donors (Lipinski definition) is 1. The van der Waals surface area contributed by atoms with Crippen molar-refractivity contribution >= 4 is 33.3 Å². The number of carbonyl (C=O) groups excluding carboxylic acids is 1. The van der Waals surface area contributed by atoms with Gasteiger partial charge in [0, 0.05) is 16.3 Å². The molecule has 3 aromatic carbocycles. The van der Waals surface area contributed by atoms with Crippen LogP contribution >= 0.6 is 0 Å². The first-order chi connectivity index (χ1) is 13.8. The minimum absolute atomic E-state index is 0.0417. The van der Waals surface area contributed by atoms with Gasteiger partial charge in [-0.25, -0.2) is 0 Å². The molecule has 0 aliphatic carbocycles. The molecule has 148 valence electrons. The van der Waals surface area contributed by atoms with E-state index in [-0.39, 0.29) is 11.3 Å². The van der Waals surface area contributed by atoms with Crippen LogP contribution < -0.4 is 10.1 Å². The number of amides is 1. The second-order valence-electron chi connectivity index (χ2n) is 8.34. The van der Waals surface area contributed by atoms with Crippen LogP contribution in [0.25, 0.3) is 21.7 Å². The summed E-state index contributed by atoms with van der Waals surface area (Å²) in [6, 6.07) is 17.9. The van der Waals surface area contributed by atoms with Crippen LogP contribution in [0.4, 0.5) is 5.69 Å². The predicted octanol–water partition coefficient (Wildman–Crippen LogP) is 6.45. The Morgan fingerprint density at radius 3 is 2.48 bits per heavy atom. The van der Waals surface area contributed by atoms with Crippen molar-refractivity contribution in [2.45, 2.75) is 33.1 Å². The van der Waals surface area contributed by atoms with Crippen LogP contribution in [0.3, 0.4) is 0 Å². The van der Waals surface area contributed by atoms with Gasteiger partial charge in [-0.3, -0.25) is 4.79 Å². The number of hydrogen-bond acceptors (Lipinski definition) is 3. The molecule has 1 heterocycles.